The van der Waals surface area contributed by atoms with Gasteiger partial charge in [-0.2, -0.15) is 0 Å². The van der Waals surface area contributed by atoms with E-state index < -0.39 is 0 Å². The number of allylic oxidation sites excluding steroid dienone is 3. The van der Waals surface area contributed by atoms with Gasteiger partial charge < -0.3 is 5.73 Å². The molecule has 0 saturated heterocycles. The van der Waals surface area contributed by atoms with Gasteiger partial charge in [-0.15, -0.1) is 0 Å². The Labute approximate surface area is 47.7 Å². The van der Waals surface area contributed by atoms with E-state index in [1.165, 1.54) is 0 Å². The van der Waals surface area contributed by atoms with Gasteiger partial charge in [0.05, 0.1) is 5.70 Å². The van der Waals surface area contributed by atoms with Crippen LogP contribution in [0.2, 0.25) is 0 Å². The SMILES string of the molecule is CC1=C(N)C(F)=C1C. The van der Waals surface area contributed by atoms with Gasteiger partial charge in [0.2, 0.25) is 0 Å². The first kappa shape index (κ1) is 5.35. The van der Waals surface area contributed by atoms with Gasteiger partial charge in [-0.3, -0.25) is 0 Å². The number of rotatable bonds is 0. The van der Waals surface area contributed by atoms with Gasteiger partial charge in [0, 0.05) is 0 Å². The normalized spacial score (nSPS) is 19.4. The summed E-state index contributed by atoms with van der Waals surface area (Å²) in [6, 6.07) is 0. The molecule has 0 heterocycles. The molecular weight excluding hydrogens is 105 g/mol. The molecule has 2 N–H and O–H groups in total. The minimum absolute atomic E-state index is 0.234. The smallest absolute Gasteiger partial charge is 0.149 e. The first-order chi connectivity index (χ1) is 3.64. The van der Waals surface area contributed by atoms with Crippen molar-refractivity contribution in [3.05, 3.63) is 22.7 Å². The zero-order chi connectivity index (χ0) is 6.31. The van der Waals surface area contributed by atoms with Crippen molar-refractivity contribution in [2.24, 2.45) is 5.73 Å². The van der Waals surface area contributed by atoms with Crippen LogP contribution in [-0.4, -0.2) is 0 Å². The second-order valence-corrected chi connectivity index (χ2v) is 1.98. The van der Waals surface area contributed by atoms with E-state index in [1.807, 2.05) is 6.92 Å². The first-order valence-electron chi connectivity index (χ1n) is 2.48. The molecule has 0 aromatic heterocycles. The third-order valence-electron chi connectivity index (χ3n) is 1.53. The van der Waals surface area contributed by atoms with Crippen molar-refractivity contribution in [1.29, 1.82) is 0 Å². The van der Waals surface area contributed by atoms with E-state index in [2.05, 4.69) is 0 Å². The summed E-state index contributed by atoms with van der Waals surface area (Å²) in [7, 11) is 0. The lowest BCUT2D eigenvalue weighted by Crippen LogP contribution is -2.12. The Morgan fingerprint density at radius 3 is 1.88 bits per heavy atom. The molecule has 0 atom stereocenters. The van der Waals surface area contributed by atoms with Crippen LogP contribution in [0.3, 0.4) is 0 Å². The molecular formula is C6H8FN. The molecule has 0 spiro atoms. The zero-order valence-electron chi connectivity index (χ0n) is 4.96. The third kappa shape index (κ3) is 0.399. The molecule has 0 amide bonds. The summed E-state index contributed by atoms with van der Waals surface area (Å²) >= 11 is 0. The van der Waals surface area contributed by atoms with E-state index in [1.54, 1.807) is 6.92 Å². The standard InChI is InChI=1S/C6H8FN/c1-3-4(2)6(8)5(3)7/h8H2,1-2H3. The van der Waals surface area contributed by atoms with Crippen molar-refractivity contribution in [3.8, 4) is 0 Å². The molecule has 0 aromatic carbocycles. The fourth-order valence-corrected chi connectivity index (χ4v) is 0.671. The van der Waals surface area contributed by atoms with Crippen LogP contribution in [0.4, 0.5) is 4.39 Å². The molecule has 1 aliphatic carbocycles. The van der Waals surface area contributed by atoms with E-state index in [4.69, 9.17) is 5.73 Å². The molecule has 0 bridgehead atoms. The Bertz CT molecular complexity index is 136. The minimum atomic E-state index is -0.234. The van der Waals surface area contributed by atoms with Gasteiger partial charge in [-0.05, 0) is 25.0 Å². The van der Waals surface area contributed by atoms with Crippen LogP contribution in [0.15, 0.2) is 22.7 Å². The molecule has 1 rings (SSSR count). The summed E-state index contributed by atoms with van der Waals surface area (Å²) in [4.78, 5) is 0. The highest BCUT2D eigenvalue weighted by Gasteiger charge is 2.19. The van der Waals surface area contributed by atoms with E-state index in [0.717, 1.165) is 5.57 Å². The highest BCUT2D eigenvalue weighted by atomic mass is 19.1. The summed E-state index contributed by atoms with van der Waals surface area (Å²) in [5.41, 5.74) is 7.11. The maximum absolute atomic E-state index is 12.3. The lowest BCUT2D eigenvalue weighted by Gasteiger charge is -2.16. The van der Waals surface area contributed by atoms with Crippen LogP contribution in [-0.2, 0) is 0 Å². The number of nitrogens with two attached hydrogens (primary N) is 1. The quantitative estimate of drug-likeness (QED) is 0.506. The molecule has 0 fully saturated rings. The predicted molar refractivity (Wildman–Crippen MR) is 30.7 cm³/mol. The van der Waals surface area contributed by atoms with E-state index in [-0.39, 0.29) is 5.83 Å². The summed E-state index contributed by atoms with van der Waals surface area (Å²) < 4.78 is 12.3. The molecule has 0 saturated carbocycles. The van der Waals surface area contributed by atoms with Crippen molar-refractivity contribution < 1.29 is 4.39 Å². The maximum atomic E-state index is 12.3. The number of hydrogen-bond donors (Lipinski definition) is 1. The van der Waals surface area contributed by atoms with Gasteiger partial charge in [-0.25, -0.2) is 4.39 Å². The second-order valence-electron chi connectivity index (χ2n) is 1.98. The topological polar surface area (TPSA) is 26.0 Å². The van der Waals surface area contributed by atoms with Crippen molar-refractivity contribution in [3.63, 3.8) is 0 Å². The van der Waals surface area contributed by atoms with Gasteiger partial charge in [-0.1, -0.05) is 0 Å². The maximum Gasteiger partial charge on any atom is 0.149 e. The third-order valence-corrected chi connectivity index (χ3v) is 1.53. The zero-order valence-corrected chi connectivity index (χ0v) is 4.96. The highest BCUT2D eigenvalue weighted by Crippen LogP contribution is 2.31. The van der Waals surface area contributed by atoms with E-state index >= 15 is 0 Å². The number of halogens is 1. The predicted octanol–water partition coefficient (Wildman–Crippen LogP) is 1.48. The second kappa shape index (κ2) is 1.34. The molecule has 8 heavy (non-hydrogen) atoms. The lowest BCUT2D eigenvalue weighted by atomic mass is 9.96. The van der Waals surface area contributed by atoms with E-state index in [9.17, 15) is 4.39 Å². The Morgan fingerprint density at radius 2 is 1.75 bits per heavy atom. The largest absolute Gasteiger partial charge is 0.396 e. The summed E-state index contributed by atoms with van der Waals surface area (Å²) in [6.45, 7) is 3.54. The molecule has 2 heteroatoms. The van der Waals surface area contributed by atoms with Gasteiger partial charge in [0.1, 0.15) is 5.83 Å². The average Bonchev–Trinajstić information content (AvgIpc) is 1.83. The van der Waals surface area contributed by atoms with Crippen LogP contribution < -0.4 is 5.73 Å². The van der Waals surface area contributed by atoms with Crippen LogP contribution in [0.25, 0.3) is 0 Å². The van der Waals surface area contributed by atoms with Gasteiger partial charge in [0.25, 0.3) is 0 Å². The van der Waals surface area contributed by atoms with Gasteiger partial charge >= 0.3 is 0 Å². The van der Waals surface area contributed by atoms with Crippen molar-refractivity contribution in [1.82, 2.24) is 0 Å². The van der Waals surface area contributed by atoms with Crippen LogP contribution in [0.5, 0.6) is 0 Å². The molecule has 44 valence electrons. The summed E-state index contributed by atoms with van der Waals surface area (Å²) in [6.07, 6.45) is 0. The Hall–Kier alpha value is -0.790. The Balaban J connectivity index is 2.86. The molecule has 0 radical (unpaired) electrons. The van der Waals surface area contributed by atoms with Crippen molar-refractivity contribution >= 4 is 0 Å². The monoisotopic (exact) mass is 113 g/mol. The Kier molecular flexibility index (Phi) is 0.897. The molecule has 0 aliphatic heterocycles. The van der Waals surface area contributed by atoms with Crippen LogP contribution >= 0.6 is 0 Å². The molecule has 0 aromatic rings. The van der Waals surface area contributed by atoms with Crippen molar-refractivity contribution in [2.75, 3.05) is 0 Å². The lowest BCUT2D eigenvalue weighted by molar-refractivity contribution is 0.617. The molecule has 1 aliphatic rings. The van der Waals surface area contributed by atoms with Crippen LogP contribution in [0.1, 0.15) is 13.8 Å². The fraction of sp³-hybridized carbons (Fsp3) is 0.333. The molecule has 1 nitrogen and oxygen atoms in total. The van der Waals surface area contributed by atoms with Gasteiger partial charge in [0.15, 0.2) is 0 Å². The Morgan fingerprint density at radius 1 is 1.25 bits per heavy atom. The molecule has 0 unspecified atom stereocenters. The van der Waals surface area contributed by atoms with Crippen molar-refractivity contribution in [2.45, 2.75) is 13.8 Å². The summed E-state index contributed by atoms with van der Waals surface area (Å²) in [5, 5.41) is 0. The highest BCUT2D eigenvalue weighted by molar-refractivity contribution is 5.52. The first-order valence-corrected chi connectivity index (χ1v) is 2.48. The minimum Gasteiger partial charge on any atom is -0.396 e. The summed E-state index contributed by atoms with van der Waals surface area (Å²) in [5.74, 6) is -0.234. The average molecular weight is 113 g/mol. The number of hydrogen-bond acceptors (Lipinski definition) is 1. The fourth-order valence-electron chi connectivity index (χ4n) is 0.671. The van der Waals surface area contributed by atoms with E-state index in [0.29, 0.717) is 11.3 Å². The van der Waals surface area contributed by atoms with Crippen LogP contribution in [0, 0.1) is 0 Å².